The number of aliphatic hydroxyl groups excluding tert-OH is 1. The van der Waals surface area contributed by atoms with Crippen LogP contribution in [0.5, 0.6) is 0 Å². The van der Waals surface area contributed by atoms with Gasteiger partial charge in [0, 0.05) is 25.7 Å². The summed E-state index contributed by atoms with van der Waals surface area (Å²) >= 11 is 0. The summed E-state index contributed by atoms with van der Waals surface area (Å²) in [6.07, 6.45) is 1.14. The first-order valence-corrected chi connectivity index (χ1v) is 6.49. The number of likely N-dealkylation sites (tertiary alicyclic amines) is 1. The lowest BCUT2D eigenvalue weighted by Gasteiger charge is -2.38. The second kappa shape index (κ2) is 6.14. The summed E-state index contributed by atoms with van der Waals surface area (Å²) < 4.78 is 5.19. The van der Waals surface area contributed by atoms with Crippen molar-refractivity contribution in [2.45, 2.75) is 39.3 Å². The molecule has 0 radical (unpaired) electrons. The Kier molecular flexibility index (Phi) is 5.38. The SMILES string of the molecule is COCC1CCN(C(CO)C(N)C(C)(C)C)C1. The maximum absolute atomic E-state index is 9.58. The normalized spacial score (nSPS) is 26.1. The molecule has 1 rings (SSSR count). The van der Waals surface area contributed by atoms with Crippen LogP contribution < -0.4 is 5.73 Å². The monoisotopic (exact) mass is 244 g/mol. The molecule has 102 valence electrons. The summed E-state index contributed by atoms with van der Waals surface area (Å²) in [6, 6.07) is 0.0608. The van der Waals surface area contributed by atoms with Crippen LogP contribution in [-0.2, 0) is 4.74 Å². The van der Waals surface area contributed by atoms with Crippen LogP contribution in [0, 0.1) is 11.3 Å². The Labute approximate surface area is 105 Å². The Morgan fingerprint density at radius 3 is 2.59 bits per heavy atom. The van der Waals surface area contributed by atoms with E-state index >= 15 is 0 Å². The highest BCUT2D eigenvalue weighted by Crippen LogP contribution is 2.26. The molecule has 0 aromatic carbocycles. The summed E-state index contributed by atoms with van der Waals surface area (Å²) in [6.45, 7) is 9.33. The fourth-order valence-corrected chi connectivity index (χ4v) is 2.57. The van der Waals surface area contributed by atoms with Gasteiger partial charge in [-0.2, -0.15) is 0 Å². The quantitative estimate of drug-likeness (QED) is 0.747. The number of nitrogens with two attached hydrogens (primary N) is 1. The lowest BCUT2D eigenvalue weighted by atomic mass is 9.82. The average molecular weight is 244 g/mol. The molecule has 3 atom stereocenters. The van der Waals surface area contributed by atoms with Crippen molar-refractivity contribution < 1.29 is 9.84 Å². The van der Waals surface area contributed by atoms with E-state index in [9.17, 15) is 5.11 Å². The van der Waals surface area contributed by atoms with Crippen molar-refractivity contribution in [2.24, 2.45) is 17.1 Å². The molecule has 1 heterocycles. The van der Waals surface area contributed by atoms with Crippen molar-refractivity contribution in [2.75, 3.05) is 33.4 Å². The number of methoxy groups -OCH3 is 1. The predicted octanol–water partition coefficient (Wildman–Crippen LogP) is 0.689. The van der Waals surface area contributed by atoms with E-state index < -0.39 is 0 Å². The minimum atomic E-state index is -0.00575. The summed E-state index contributed by atoms with van der Waals surface area (Å²) in [5.41, 5.74) is 6.29. The molecule has 3 N–H and O–H groups in total. The molecule has 1 fully saturated rings. The van der Waals surface area contributed by atoms with Gasteiger partial charge in [-0.1, -0.05) is 20.8 Å². The van der Waals surface area contributed by atoms with Gasteiger partial charge in [-0.05, 0) is 24.3 Å². The molecule has 0 amide bonds. The Morgan fingerprint density at radius 2 is 2.12 bits per heavy atom. The van der Waals surface area contributed by atoms with E-state index in [0.717, 1.165) is 26.1 Å². The molecule has 1 saturated heterocycles. The lowest BCUT2D eigenvalue weighted by Crippen LogP contribution is -2.55. The molecular formula is C13H28N2O2. The van der Waals surface area contributed by atoms with Gasteiger partial charge in [-0.3, -0.25) is 4.90 Å². The van der Waals surface area contributed by atoms with Gasteiger partial charge in [0.25, 0.3) is 0 Å². The molecule has 0 aromatic heterocycles. The first kappa shape index (κ1) is 14.9. The summed E-state index contributed by atoms with van der Waals surface area (Å²) in [5, 5.41) is 9.58. The largest absolute Gasteiger partial charge is 0.395 e. The second-order valence-corrected chi connectivity index (χ2v) is 6.25. The van der Waals surface area contributed by atoms with Crippen molar-refractivity contribution in [3.05, 3.63) is 0 Å². The van der Waals surface area contributed by atoms with Gasteiger partial charge >= 0.3 is 0 Å². The van der Waals surface area contributed by atoms with Gasteiger partial charge in [0.1, 0.15) is 0 Å². The fraction of sp³-hybridized carbons (Fsp3) is 1.00. The molecule has 1 aliphatic rings. The number of nitrogens with zero attached hydrogens (tertiary/aromatic N) is 1. The zero-order valence-electron chi connectivity index (χ0n) is 11.6. The van der Waals surface area contributed by atoms with Gasteiger partial charge < -0.3 is 15.6 Å². The maximum Gasteiger partial charge on any atom is 0.0602 e. The molecule has 0 aromatic rings. The standard InChI is InChI=1S/C13H28N2O2/c1-13(2,3)12(14)11(8-16)15-6-5-10(7-15)9-17-4/h10-12,16H,5-9,14H2,1-4H3. The zero-order valence-corrected chi connectivity index (χ0v) is 11.6. The molecule has 1 aliphatic heterocycles. The van der Waals surface area contributed by atoms with Gasteiger partial charge in [-0.15, -0.1) is 0 Å². The topological polar surface area (TPSA) is 58.7 Å². The summed E-state index contributed by atoms with van der Waals surface area (Å²) in [5.74, 6) is 0.584. The molecular weight excluding hydrogens is 216 g/mol. The number of hydrogen-bond acceptors (Lipinski definition) is 4. The number of aliphatic hydroxyl groups is 1. The van der Waals surface area contributed by atoms with Crippen LogP contribution in [0.15, 0.2) is 0 Å². The third-order valence-electron chi connectivity index (χ3n) is 3.79. The van der Waals surface area contributed by atoms with Crippen LogP contribution in [0.25, 0.3) is 0 Å². The molecule has 3 unspecified atom stereocenters. The van der Waals surface area contributed by atoms with Crippen LogP contribution in [0.4, 0.5) is 0 Å². The van der Waals surface area contributed by atoms with E-state index in [2.05, 4.69) is 25.7 Å². The van der Waals surface area contributed by atoms with Gasteiger partial charge in [0.2, 0.25) is 0 Å². The Morgan fingerprint density at radius 1 is 1.47 bits per heavy atom. The van der Waals surface area contributed by atoms with Crippen LogP contribution in [-0.4, -0.2) is 55.5 Å². The molecule has 0 saturated carbocycles. The average Bonchev–Trinajstić information content (AvgIpc) is 2.67. The van der Waals surface area contributed by atoms with Crippen molar-refractivity contribution >= 4 is 0 Å². The highest BCUT2D eigenvalue weighted by molar-refractivity contribution is 4.92. The van der Waals surface area contributed by atoms with Crippen molar-refractivity contribution in [1.29, 1.82) is 0 Å². The number of ether oxygens (including phenoxy) is 1. The minimum absolute atomic E-state index is 0.00575. The van der Waals surface area contributed by atoms with Crippen molar-refractivity contribution in [1.82, 2.24) is 4.90 Å². The molecule has 4 heteroatoms. The lowest BCUT2D eigenvalue weighted by molar-refractivity contribution is 0.0792. The molecule has 0 spiro atoms. The maximum atomic E-state index is 9.58. The van der Waals surface area contributed by atoms with Gasteiger partial charge in [0.15, 0.2) is 0 Å². The van der Waals surface area contributed by atoms with Crippen LogP contribution >= 0.6 is 0 Å². The third kappa shape index (κ3) is 3.91. The fourth-order valence-electron chi connectivity index (χ4n) is 2.57. The number of hydrogen-bond donors (Lipinski definition) is 2. The van der Waals surface area contributed by atoms with Crippen LogP contribution in [0.1, 0.15) is 27.2 Å². The minimum Gasteiger partial charge on any atom is -0.395 e. The van der Waals surface area contributed by atoms with E-state index in [1.54, 1.807) is 7.11 Å². The Bertz CT molecular complexity index is 228. The van der Waals surface area contributed by atoms with E-state index in [0.29, 0.717) is 5.92 Å². The molecule has 0 aliphatic carbocycles. The summed E-state index contributed by atoms with van der Waals surface area (Å²) in [7, 11) is 1.74. The first-order valence-electron chi connectivity index (χ1n) is 6.49. The first-order chi connectivity index (χ1) is 7.90. The Balaban J connectivity index is 2.58. The Hall–Kier alpha value is -0.160. The predicted molar refractivity (Wildman–Crippen MR) is 69.9 cm³/mol. The smallest absolute Gasteiger partial charge is 0.0602 e. The highest BCUT2D eigenvalue weighted by atomic mass is 16.5. The molecule has 17 heavy (non-hydrogen) atoms. The van der Waals surface area contributed by atoms with E-state index in [4.69, 9.17) is 10.5 Å². The van der Waals surface area contributed by atoms with Crippen molar-refractivity contribution in [3.8, 4) is 0 Å². The van der Waals surface area contributed by atoms with E-state index in [1.165, 1.54) is 0 Å². The second-order valence-electron chi connectivity index (χ2n) is 6.25. The zero-order chi connectivity index (χ0) is 13.1. The van der Waals surface area contributed by atoms with Gasteiger partial charge in [-0.25, -0.2) is 0 Å². The van der Waals surface area contributed by atoms with Crippen molar-refractivity contribution in [3.63, 3.8) is 0 Å². The molecule has 0 bridgehead atoms. The summed E-state index contributed by atoms with van der Waals surface area (Å²) in [4.78, 5) is 2.32. The highest BCUT2D eigenvalue weighted by Gasteiger charge is 2.35. The van der Waals surface area contributed by atoms with E-state index in [1.807, 2.05) is 0 Å². The third-order valence-corrected chi connectivity index (χ3v) is 3.79. The van der Waals surface area contributed by atoms with Crippen LogP contribution in [0.3, 0.4) is 0 Å². The van der Waals surface area contributed by atoms with Crippen LogP contribution in [0.2, 0.25) is 0 Å². The number of rotatable bonds is 5. The molecule has 4 nitrogen and oxygen atoms in total. The van der Waals surface area contributed by atoms with E-state index in [-0.39, 0.29) is 24.1 Å². The van der Waals surface area contributed by atoms with Gasteiger partial charge in [0.05, 0.1) is 13.2 Å².